The molecule has 0 spiro atoms. The molecule has 0 saturated heterocycles. The molecule has 0 aromatic heterocycles. The number of nitriles is 1. The van der Waals surface area contributed by atoms with Crippen molar-refractivity contribution in [3.8, 4) is 6.07 Å². The molecule has 2 unspecified atom stereocenters. The van der Waals surface area contributed by atoms with Crippen LogP contribution in [0.5, 0.6) is 0 Å². The number of nitrogens with zero attached hydrogens (tertiary/aromatic N) is 1. The predicted molar refractivity (Wildman–Crippen MR) is 79.0 cm³/mol. The van der Waals surface area contributed by atoms with Gasteiger partial charge in [-0.2, -0.15) is 5.26 Å². The van der Waals surface area contributed by atoms with Gasteiger partial charge in [0.1, 0.15) is 6.07 Å². The lowest BCUT2D eigenvalue weighted by Crippen LogP contribution is -2.62. The lowest BCUT2D eigenvalue weighted by Gasteiger charge is -2.53. The molecule has 2 N–H and O–H groups in total. The van der Waals surface area contributed by atoms with Gasteiger partial charge in [-0.05, 0) is 32.4 Å². The van der Waals surface area contributed by atoms with Crippen molar-refractivity contribution in [2.75, 3.05) is 13.6 Å². The van der Waals surface area contributed by atoms with Crippen LogP contribution < -0.4 is 10.6 Å². The Morgan fingerprint density at radius 3 is 2.75 bits per heavy atom. The van der Waals surface area contributed by atoms with E-state index in [0.29, 0.717) is 17.5 Å². The summed E-state index contributed by atoms with van der Waals surface area (Å²) < 4.78 is 0. The summed E-state index contributed by atoms with van der Waals surface area (Å²) in [5, 5.41) is 16.2. The van der Waals surface area contributed by atoms with Gasteiger partial charge >= 0.3 is 0 Å². The van der Waals surface area contributed by atoms with Gasteiger partial charge in [0.15, 0.2) is 5.78 Å². The molecule has 1 fully saturated rings. The molecule has 5 atom stereocenters. The van der Waals surface area contributed by atoms with Gasteiger partial charge < -0.3 is 10.6 Å². The summed E-state index contributed by atoms with van der Waals surface area (Å²) in [6.07, 6.45) is 4.05. The molecule has 4 heteroatoms. The van der Waals surface area contributed by atoms with E-state index in [1.807, 2.05) is 20.0 Å². The first-order valence-electron chi connectivity index (χ1n) is 7.57. The fourth-order valence-corrected chi connectivity index (χ4v) is 4.38. The smallest absolute Gasteiger partial charge is 0.176 e. The third kappa shape index (κ3) is 2.19. The Hall–Kier alpha value is -1.18. The molecule has 4 nitrogen and oxygen atoms in total. The SMILES string of the molecule is CCNC1CC[C@@H]2[C@@H](C)C(=O)C(C#N)=C[C@@]2(C)C1NC. The predicted octanol–water partition coefficient (Wildman–Crippen LogP) is 1.64. The Morgan fingerprint density at radius 1 is 1.50 bits per heavy atom. The molecule has 0 bridgehead atoms. The summed E-state index contributed by atoms with van der Waals surface area (Å²) in [6, 6.07) is 2.74. The number of fused-ring (bicyclic) bond motifs is 1. The molecular weight excluding hydrogens is 250 g/mol. The third-order valence-electron chi connectivity index (χ3n) is 5.30. The summed E-state index contributed by atoms with van der Waals surface area (Å²) >= 11 is 0. The largest absolute Gasteiger partial charge is 0.315 e. The monoisotopic (exact) mass is 275 g/mol. The molecular formula is C16H25N3O. The van der Waals surface area contributed by atoms with Crippen molar-refractivity contribution >= 4 is 5.78 Å². The number of carbonyl (C=O) groups is 1. The molecule has 0 heterocycles. The Kier molecular flexibility index (Phi) is 4.31. The number of allylic oxidation sites excluding steroid dienone is 1. The van der Waals surface area contributed by atoms with Crippen LogP contribution in [0.1, 0.15) is 33.6 Å². The van der Waals surface area contributed by atoms with E-state index in [0.717, 1.165) is 19.4 Å². The zero-order chi connectivity index (χ0) is 14.9. The van der Waals surface area contributed by atoms with Gasteiger partial charge in [0.25, 0.3) is 0 Å². The number of rotatable bonds is 3. The van der Waals surface area contributed by atoms with Crippen molar-refractivity contribution in [3.05, 3.63) is 11.6 Å². The molecule has 2 aliphatic carbocycles. The van der Waals surface area contributed by atoms with E-state index in [-0.39, 0.29) is 23.2 Å². The Morgan fingerprint density at radius 2 is 2.20 bits per heavy atom. The van der Waals surface area contributed by atoms with Crippen LogP contribution in [-0.2, 0) is 4.79 Å². The molecule has 2 aliphatic rings. The number of likely N-dealkylation sites (N-methyl/N-ethyl adjacent to an activating group) is 2. The van der Waals surface area contributed by atoms with Crippen LogP contribution in [0.4, 0.5) is 0 Å². The maximum absolute atomic E-state index is 12.2. The molecule has 0 aliphatic heterocycles. The second kappa shape index (κ2) is 5.67. The first kappa shape index (κ1) is 15.2. The number of hydrogen-bond acceptors (Lipinski definition) is 4. The fraction of sp³-hybridized carbons (Fsp3) is 0.750. The maximum Gasteiger partial charge on any atom is 0.176 e. The van der Waals surface area contributed by atoms with Gasteiger partial charge in [-0.15, -0.1) is 0 Å². The fourth-order valence-electron chi connectivity index (χ4n) is 4.38. The second-order valence-electron chi connectivity index (χ2n) is 6.30. The van der Waals surface area contributed by atoms with Crippen molar-refractivity contribution in [1.29, 1.82) is 5.26 Å². The first-order valence-corrected chi connectivity index (χ1v) is 7.57. The average Bonchev–Trinajstić information content (AvgIpc) is 2.43. The number of Topliss-reactive ketones (excluding diaryl/α,β-unsaturated/α-hetero) is 1. The lowest BCUT2D eigenvalue weighted by molar-refractivity contribution is -0.124. The highest BCUT2D eigenvalue weighted by molar-refractivity contribution is 6.01. The molecule has 0 aromatic carbocycles. The van der Waals surface area contributed by atoms with Crippen LogP contribution in [0, 0.1) is 28.6 Å². The Balaban J connectivity index is 2.44. The quantitative estimate of drug-likeness (QED) is 0.822. The number of ketones is 1. The van der Waals surface area contributed by atoms with E-state index in [1.165, 1.54) is 0 Å². The number of carbonyl (C=O) groups excluding carboxylic acids is 1. The first-order chi connectivity index (χ1) is 9.49. The van der Waals surface area contributed by atoms with E-state index in [4.69, 9.17) is 0 Å². The van der Waals surface area contributed by atoms with Crippen LogP contribution in [-0.4, -0.2) is 31.5 Å². The summed E-state index contributed by atoms with van der Waals surface area (Å²) in [6.45, 7) is 7.23. The van der Waals surface area contributed by atoms with Crippen LogP contribution >= 0.6 is 0 Å². The molecule has 0 aromatic rings. The van der Waals surface area contributed by atoms with E-state index in [9.17, 15) is 10.1 Å². The average molecular weight is 275 g/mol. The van der Waals surface area contributed by atoms with Crippen LogP contribution in [0.3, 0.4) is 0 Å². The summed E-state index contributed by atoms with van der Waals surface area (Å²) in [5.74, 6) is 0.282. The number of hydrogen-bond donors (Lipinski definition) is 2. The van der Waals surface area contributed by atoms with Gasteiger partial charge in [-0.3, -0.25) is 4.79 Å². The molecule has 1 saturated carbocycles. The second-order valence-corrected chi connectivity index (χ2v) is 6.30. The standard InChI is InChI=1S/C16H25N3O/c1-5-19-13-7-6-12-10(2)14(20)11(9-17)8-16(12,3)15(13)18-4/h8,10,12-13,15,18-19H,5-7H2,1-4H3/t10-,12-,13?,15?,16-/m1/s1. The molecule has 0 amide bonds. The van der Waals surface area contributed by atoms with Crippen molar-refractivity contribution in [2.24, 2.45) is 17.3 Å². The van der Waals surface area contributed by atoms with Crippen LogP contribution in [0.25, 0.3) is 0 Å². The minimum Gasteiger partial charge on any atom is -0.315 e. The lowest BCUT2D eigenvalue weighted by atomic mass is 9.55. The van der Waals surface area contributed by atoms with Gasteiger partial charge in [0.2, 0.25) is 0 Å². The zero-order valence-corrected chi connectivity index (χ0v) is 12.9. The normalized spacial score (nSPS) is 40.8. The van der Waals surface area contributed by atoms with Gasteiger partial charge in [-0.1, -0.05) is 26.8 Å². The summed E-state index contributed by atoms with van der Waals surface area (Å²) in [7, 11) is 1.98. The highest BCUT2D eigenvalue weighted by Crippen LogP contribution is 2.49. The highest BCUT2D eigenvalue weighted by atomic mass is 16.1. The molecule has 20 heavy (non-hydrogen) atoms. The van der Waals surface area contributed by atoms with Crippen LogP contribution in [0.15, 0.2) is 11.6 Å². The minimum atomic E-state index is -0.141. The minimum absolute atomic E-state index is 0.0201. The molecule has 110 valence electrons. The van der Waals surface area contributed by atoms with Gasteiger partial charge in [0, 0.05) is 23.4 Å². The van der Waals surface area contributed by atoms with Crippen LogP contribution in [0.2, 0.25) is 0 Å². The maximum atomic E-state index is 12.2. The van der Waals surface area contributed by atoms with E-state index < -0.39 is 0 Å². The molecule has 0 radical (unpaired) electrons. The summed E-state index contributed by atoms with van der Waals surface area (Å²) in [4.78, 5) is 12.2. The van der Waals surface area contributed by atoms with Crippen molar-refractivity contribution in [1.82, 2.24) is 10.6 Å². The topological polar surface area (TPSA) is 64.9 Å². The zero-order valence-electron chi connectivity index (χ0n) is 12.9. The van der Waals surface area contributed by atoms with E-state index >= 15 is 0 Å². The third-order valence-corrected chi connectivity index (χ3v) is 5.30. The van der Waals surface area contributed by atoms with Crippen molar-refractivity contribution in [2.45, 2.75) is 45.7 Å². The van der Waals surface area contributed by atoms with Crippen molar-refractivity contribution in [3.63, 3.8) is 0 Å². The number of nitrogens with one attached hydrogen (secondary N) is 2. The van der Waals surface area contributed by atoms with Crippen molar-refractivity contribution < 1.29 is 4.79 Å². The van der Waals surface area contributed by atoms with E-state index in [1.54, 1.807) is 0 Å². The highest BCUT2D eigenvalue weighted by Gasteiger charge is 2.52. The van der Waals surface area contributed by atoms with Gasteiger partial charge in [-0.25, -0.2) is 0 Å². The summed E-state index contributed by atoms with van der Waals surface area (Å²) in [5.41, 5.74) is 0.201. The Bertz CT molecular complexity index is 465. The molecule has 2 rings (SSSR count). The van der Waals surface area contributed by atoms with Gasteiger partial charge in [0.05, 0.1) is 5.57 Å². The Labute approximate surface area is 121 Å². The van der Waals surface area contributed by atoms with E-state index in [2.05, 4.69) is 30.6 Å².